The Bertz CT molecular complexity index is 577. The largest absolute Gasteiger partial charge is 0.406 e. The van der Waals surface area contributed by atoms with Gasteiger partial charge in [0.15, 0.2) is 0 Å². The Kier molecular flexibility index (Phi) is 5.78. The molecule has 1 heterocycles. The molecule has 0 fully saturated rings. The molecular formula is C14H18F3N3O2. The molecule has 0 atom stereocenters. The summed E-state index contributed by atoms with van der Waals surface area (Å²) in [7, 11) is 0. The molecule has 2 N–H and O–H groups in total. The SMILES string of the molecule is C=CC(=O)NCCNC(=O)c1cc(C)n(CC(F)(F)F)c1C. The third kappa shape index (κ3) is 4.94. The molecule has 0 spiro atoms. The molecule has 122 valence electrons. The van der Waals surface area contributed by atoms with Crippen molar-refractivity contribution < 1.29 is 22.8 Å². The van der Waals surface area contributed by atoms with E-state index in [0.29, 0.717) is 5.69 Å². The van der Waals surface area contributed by atoms with Crippen LogP contribution in [0.2, 0.25) is 0 Å². The predicted octanol–water partition coefficient (Wildman–Crippen LogP) is 1.70. The summed E-state index contributed by atoms with van der Waals surface area (Å²) in [5.74, 6) is -0.841. The molecule has 0 aliphatic heterocycles. The second kappa shape index (κ2) is 7.15. The van der Waals surface area contributed by atoms with Gasteiger partial charge in [0.25, 0.3) is 5.91 Å². The molecular weight excluding hydrogens is 299 g/mol. The lowest BCUT2D eigenvalue weighted by atomic mass is 10.2. The smallest absolute Gasteiger partial charge is 0.351 e. The number of hydrogen-bond acceptors (Lipinski definition) is 2. The summed E-state index contributed by atoms with van der Waals surface area (Å²) in [5, 5.41) is 5.02. The number of carbonyl (C=O) groups is 2. The predicted molar refractivity (Wildman–Crippen MR) is 75.5 cm³/mol. The van der Waals surface area contributed by atoms with Crippen LogP contribution in [0, 0.1) is 13.8 Å². The number of amides is 2. The van der Waals surface area contributed by atoms with E-state index >= 15 is 0 Å². The molecule has 0 saturated heterocycles. The first-order valence-electron chi connectivity index (χ1n) is 6.57. The van der Waals surface area contributed by atoms with Gasteiger partial charge >= 0.3 is 6.18 Å². The van der Waals surface area contributed by atoms with Crippen molar-refractivity contribution in [2.75, 3.05) is 13.1 Å². The van der Waals surface area contributed by atoms with Crippen molar-refractivity contribution in [3.05, 3.63) is 35.7 Å². The van der Waals surface area contributed by atoms with Crippen LogP contribution >= 0.6 is 0 Å². The van der Waals surface area contributed by atoms with Gasteiger partial charge in [-0.15, -0.1) is 0 Å². The highest BCUT2D eigenvalue weighted by molar-refractivity contribution is 5.95. The number of nitrogens with zero attached hydrogens (tertiary/aromatic N) is 1. The Morgan fingerprint density at radius 1 is 1.27 bits per heavy atom. The van der Waals surface area contributed by atoms with Gasteiger partial charge in [-0.3, -0.25) is 9.59 Å². The van der Waals surface area contributed by atoms with Crippen molar-refractivity contribution in [3.63, 3.8) is 0 Å². The summed E-state index contributed by atoms with van der Waals surface area (Å²) in [5.41, 5.74) is 0.805. The molecule has 1 rings (SSSR count). The minimum absolute atomic E-state index is 0.168. The Balaban J connectivity index is 2.69. The molecule has 0 radical (unpaired) electrons. The summed E-state index contributed by atoms with van der Waals surface area (Å²) < 4.78 is 38.5. The highest BCUT2D eigenvalue weighted by atomic mass is 19.4. The van der Waals surface area contributed by atoms with E-state index in [1.165, 1.54) is 19.9 Å². The van der Waals surface area contributed by atoms with E-state index in [1.54, 1.807) is 0 Å². The van der Waals surface area contributed by atoms with E-state index in [-0.39, 0.29) is 30.3 Å². The average molecular weight is 317 g/mol. The first-order chi connectivity index (χ1) is 10.2. The van der Waals surface area contributed by atoms with Gasteiger partial charge in [0.2, 0.25) is 5.91 Å². The standard InChI is InChI=1S/C14H18F3N3O2/c1-4-12(21)18-5-6-19-13(22)11-7-9(2)20(10(11)3)8-14(15,16)17/h4,7H,1,5-6,8H2,2-3H3,(H,18,21)(H,19,22). The summed E-state index contributed by atoms with van der Waals surface area (Å²) in [6, 6.07) is 1.42. The van der Waals surface area contributed by atoms with Gasteiger partial charge in [0.05, 0.1) is 5.56 Å². The van der Waals surface area contributed by atoms with Crippen molar-refractivity contribution in [1.82, 2.24) is 15.2 Å². The van der Waals surface area contributed by atoms with Crippen LogP contribution < -0.4 is 10.6 Å². The van der Waals surface area contributed by atoms with E-state index in [4.69, 9.17) is 0 Å². The summed E-state index contributed by atoms with van der Waals surface area (Å²) in [6.45, 7) is 5.50. The summed E-state index contributed by atoms with van der Waals surface area (Å²) in [6.07, 6.45) is -3.25. The maximum absolute atomic E-state index is 12.5. The zero-order valence-electron chi connectivity index (χ0n) is 12.4. The van der Waals surface area contributed by atoms with Crippen LogP contribution in [0.3, 0.4) is 0 Å². The Morgan fingerprint density at radius 3 is 2.41 bits per heavy atom. The van der Waals surface area contributed by atoms with Crippen molar-refractivity contribution in [1.29, 1.82) is 0 Å². The number of nitrogens with one attached hydrogen (secondary N) is 2. The van der Waals surface area contributed by atoms with Crippen LogP contribution in [0.4, 0.5) is 13.2 Å². The number of aryl methyl sites for hydroxylation is 1. The fraction of sp³-hybridized carbons (Fsp3) is 0.429. The van der Waals surface area contributed by atoms with Crippen molar-refractivity contribution >= 4 is 11.8 Å². The monoisotopic (exact) mass is 317 g/mol. The van der Waals surface area contributed by atoms with Gasteiger partial charge in [-0.25, -0.2) is 0 Å². The third-order valence-electron chi connectivity index (χ3n) is 3.05. The van der Waals surface area contributed by atoms with Gasteiger partial charge in [0.1, 0.15) is 6.54 Å². The topological polar surface area (TPSA) is 63.1 Å². The van der Waals surface area contributed by atoms with Gasteiger partial charge in [0, 0.05) is 24.5 Å². The molecule has 8 heteroatoms. The quantitative estimate of drug-likeness (QED) is 0.620. The van der Waals surface area contributed by atoms with E-state index < -0.39 is 18.6 Å². The normalized spacial score (nSPS) is 11.1. The maximum atomic E-state index is 12.5. The maximum Gasteiger partial charge on any atom is 0.406 e. The minimum Gasteiger partial charge on any atom is -0.351 e. The fourth-order valence-corrected chi connectivity index (χ4v) is 1.98. The van der Waals surface area contributed by atoms with E-state index in [9.17, 15) is 22.8 Å². The second-order valence-electron chi connectivity index (χ2n) is 4.74. The van der Waals surface area contributed by atoms with Crippen LogP contribution in [0.1, 0.15) is 21.7 Å². The molecule has 0 aliphatic carbocycles. The molecule has 0 unspecified atom stereocenters. The van der Waals surface area contributed by atoms with Crippen molar-refractivity contribution in [3.8, 4) is 0 Å². The zero-order valence-corrected chi connectivity index (χ0v) is 12.4. The molecule has 0 saturated carbocycles. The molecule has 5 nitrogen and oxygen atoms in total. The Labute approximate surface area is 126 Å². The molecule has 0 aliphatic rings. The molecule has 0 aromatic carbocycles. The highest BCUT2D eigenvalue weighted by Gasteiger charge is 2.30. The molecule has 2 amide bonds. The van der Waals surface area contributed by atoms with Crippen molar-refractivity contribution in [2.24, 2.45) is 0 Å². The first-order valence-corrected chi connectivity index (χ1v) is 6.57. The minimum atomic E-state index is -4.35. The number of hydrogen-bond donors (Lipinski definition) is 2. The van der Waals surface area contributed by atoms with Gasteiger partial charge in [-0.05, 0) is 26.0 Å². The fourth-order valence-electron chi connectivity index (χ4n) is 1.98. The Hall–Kier alpha value is -2.25. The average Bonchev–Trinajstić information content (AvgIpc) is 2.69. The number of aromatic nitrogens is 1. The molecule has 22 heavy (non-hydrogen) atoms. The molecule has 1 aromatic heterocycles. The van der Waals surface area contributed by atoms with E-state index in [1.807, 2.05) is 0 Å². The number of alkyl halides is 3. The number of halogens is 3. The van der Waals surface area contributed by atoms with Gasteiger partial charge in [-0.1, -0.05) is 6.58 Å². The lowest BCUT2D eigenvalue weighted by molar-refractivity contribution is -0.141. The summed E-state index contributed by atoms with van der Waals surface area (Å²) >= 11 is 0. The first kappa shape index (κ1) is 17.8. The van der Waals surface area contributed by atoms with Crippen LogP contribution in [-0.4, -0.2) is 35.6 Å². The number of rotatable bonds is 6. The molecule has 0 bridgehead atoms. The van der Waals surface area contributed by atoms with E-state index in [0.717, 1.165) is 10.6 Å². The van der Waals surface area contributed by atoms with Crippen LogP contribution in [-0.2, 0) is 11.3 Å². The Morgan fingerprint density at radius 2 is 1.86 bits per heavy atom. The molecule has 1 aromatic rings. The zero-order chi connectivity index (χ0) is 16.9. The van der Waals surface area contributed by atoms with E-state index in [2.05, 4.69) is 17.2 Å². The third-order valence-corrected chi connectivity index (χ3v) is 3.05. The highest BCUT2D eigenvalue weighted by Crippen LogP contribution is 2.23. The number of carbonyl (C=O) groups excluding carboxylic acids is 2. The van der Waals surface area contributed by atoms with Gasteiger partial charge < -0.3 is 15.2 Å². The van der Waals surface area contributed by atoms with Crippen LogP contribution in [0.5, 0.6) is 0 Å². The van der Waals surface area contributed by atoms with Crippen LogP contribution in [0.25, 0.3) is 0 Å². The van der Waals surface area contributed by atoms with Crippen LogP contribution in [0.15, 0.2) is 18.7 Å². The lowest BCUT2D eigenvalue weighted by Crippen LogP contribution is -2.34. The second-order valence-corrected chi connectivity index (χ2v) is 4.74. The summed E-state index contributed by atoms with van der Waals surface area (Å²) in [4.78, 5) is 22.9. The lowest BCUT2D eigenvalue weighted by Gasteiger charge is -2.12. The van der Waals surface area contributed by atoms with Crippen molar-refractivity contribution in [2.45, 2.75) is 26.6 Å². The van der Waals surface area contributed by atoms with Gasteiger partial charge in [-0.2, -0.15) is 13.2 Å².